The second-order valence-electron chi connectivity index (χ2n) is 7.39. The van der Waals surface area contributed by atoms with Gasteiger partial charge in [-0.05, 0) is 60.4 Å². The SMILES string of the molecule is O=C(Nc1ccccc1)N1CCCC1c1nc2cc(-c3cccc(F)c3)ccc2o1. The van der Waals surface area contributed by atoms with Gasteiger partial charge in [-0.3, -0.25) is 0 Å². The minimum Gasteiger partial charge on any atom is -0.438 e. The lowest BCUT2D eigenvalue weighted by Crippen LogP contribution is -2.34. The van der Waals surface area contributed by atoms with Crippen LogP contribution in [0.1, 0.15) is 24.8 Å². The fourth-order valence-electron chi connectivity index (χ4n) is 3.92. The predicted octanol–water partition coefficient (Wildman–Crippen LogP) is 6.00. The van der Waals surface area contributed by atoms with E-state index in [0.29, 0.717) is 23.5 Å². The number of nitrogens with zero attached hydrogens (tertiary/aromatic N) is 2. The molecule has 6 heteroatoms. The van der Waals surface area contributed by atoms with Gasteiger partial charge >= 0.3 is 6.03 Å². The van der Waals surface area contributed by atoms with Gasteiger partial charge in [0, 0.05) is 12.2 Å². The van der Waals surface area contributed by atoms with Crippen molar-refractivity contribution in [3.05, 3.63) is 84.5 Å². The van der Waals surface area contributed by atoms with Crippen LogP contribution >= 0.6 is 0 Å². The van der Waals surface area contributed by atoms with Crippen LogP contribution in [0, 0.1) is 5.82 Å². The van der Waals surface area contributed by atoms with E-state index in [0.717, 1.165) is 29.7 Å². The maximum Gasteiger partial charge on any atom is 0.322 e. The average Bonchev–Trinajstić information content (AvgIpc) is 3.41. The summed E-state index contributed by atoms with van der Waals surface area (Å²) < 4.78 is 19.6. The Labute approximate surface area is 173 Å². The van der Waals surface area contributed by atoms with Crippen LogP contribution < -0.4 is 5.32 Å². The maximum atomic E-state index is 13.6. The zero-order chi connectivity index (χ0) is 20.5. The summed E-state index contributed by atoms with van der Waals surface area (Å²) in [7, 11) is 0. The van der Waals surface area contributed by atoms with E-state index in [9.17, 15) is 9.18 Å². The van der Waals surface area contributed by atoms with Gasteiger partial charge in [0.15, 0.2) is 5.58 Å². The third-order valence-electron chi connectivity index (χ3n) is 5.39. The fourth-order valence-corrected chi connectivity index (χ4v) is 3.92. The number of amides is 2. The molecule has 1 aliphatic rings. The number of hydrogen-bond acceptors (Lipinski definition) is 3. The molecule has 4 aromatic rings. The lowest BCUT2D eigenvalue weighted by molar-refractivity contribution is 0.199. The normalized spacial score (nSPS) is 16.2. The van der Waals surface area contributed by atoms with Crippen molar-refractivity contribution in [2.45, 2.75) is 18.9 Å². The maximum absolute atomic E-state index is 13.6. The summed E-state index contributed by atoms with van der Waals surface area (Å²) in [6.07, 6.45) is 1.69. The molecule has 30 heavy (non-hydrogen) atoms. The standard InChI is InChI=1S/C24H20FN3O2/c25-18-7-4-6-16(14-18)17-11-12-22-20(15-17)27-23(30-22)21-10-5-13-28(21)24(29)26-19-8-2-1-3-9-19/h1-4,6-9,11-12,14-15,21H,5,10,13H2,(H,26,29). The van der Waals surface area contributed by atoms with E-state index >= 15 is 0 Å². The Morgan fingerprint density at radius 3 is 2.70 bits per heavy atom. The first-order chi connectivity index (χ1) is 14.7. The van der Waals surface area contributed by atoms with Crippen molar-refractivity contribution in [3.8, 4) is 11.1 Å². The number of rotatable bonds is 3. The summed E-state index contributed by atoms with van der Waals surface area (Å²) in [6.45, 7) is 0.649. The number of anilines is 1. The molecule has 2 heterocycles. The van der Waals surface area contributed by atoms with Gasteiger partial charge in [-0.15, -0.1) is 0 Å². The van der Waals surface area contributed by atoms with Crippen molar-refractivity contribution >= 4 is 22.8 Å². The van der Waals surface area contributed by atoms with Crippen LogP contribution in [-0.4, -0.2) is 22.5 Å². The molecule has 3 aromatic carbocycles. The summed E-state index contributed by atoms with van der Waals surface area (Å²) in [5.74, 6) is 0.251. The van der Waals surface area contributed by atoms with Crippen LogP contribution in [0.25, 0.3) is 22.2 Å². The van der Waals surface area contributed by atoms with E-state index in [1.54, 1.807) is 11.0 Å². The monoisotopic (exact) mass is 401 g/mol. The quantitative estimate of drug-likeness (QED) is 0.458. The first-order valence-corrected chi connectivity index (χ1v) is 9.96. The fraction of sp³-hybridized carbons (Fsp3) is 0.167. The van der Waals surface area contributed by atoms with E-state index in [1.807, 2.05) is 54.6 Å². The number of aromatic nitrogens is 1. The van der Waals surface area contributed by atoms with Crippen LogP contribution in [0.2, 0.25) is 0 Å². The van der Waals surface area contributed by atoms with Gasteiger partial charge < -0.3 is 14.6 Å². The van der Waals surface area contributed by atoms with Crippen LogP contribution in [0.3, 0.4) is 0 Å². The Morgan fingerprint density at radius 2 is 1.87 bits per heavy atom. The molecule has 0 saturated carbocycles. The lowest BCUT2D eigenvalue weighted by Gasteiger charge is -2.22. The van der Waals surface area contributed by atoms with Gasteiger partial charge in [0.2, 0.25) is 5.89 Å². The molecule has 1 N–H and O–H groups in total. The summed E-state index contributed by atoms with van der Waals surface area (Å²) >= 11 is 0. The number of hydrogen-bond donors (Lipinski definition) is 1. The second-order valence-corrected chi connectivity index (χ2v) is 7.39. The molecule has 1 unspecified atom stereocenters. The highest BCUT2D eigenvalue weighted by molar-refractivity contribution is 5.89. The van der Waals surface area contributed by atoms with Crippen molar-refractivity contribution in [3.63, 3.8) is 0 Å². The van der Waals surface area contributed by atoms with Gasteiger partial charge in [0.1, 0.15) is 17.4 Å². The molecular formula is C24H20FN3O2. The van der Waals surface area contributed by atoms with Crippen molar-refractivity contribution in [1.82, 2.24) is 9.88 Å². The van der Waals surface area contributed by atoms with Crippen molar-refractivity contribution in [1.29, 1.82) is 0 Å². The first kappa shape index (κ1) is 18.4. The molecule has 1 fully saturated rings. The number of benzene rings is 3. The summed E-state index contributed by atoms with van der Waals surface area (Å²) in [4.78, 5) is 19.2. The third kappa shape index (κ3) is 3.52. The second kappa shape index (κ2) is 7.63. The van der Waals surface area contributed by atoms with Gasteiger partial charge in [0.25, 0.3) is 0 Å². The molecule has 0 radical (unpaired) electrons. The number of oxazole rings is 1. The first-order valence-electron chi connectivity index (χ1n) is 9.96. The molecule has 5 nitrogen and oxygen atoms in total. The number of para-hydroxylation sites is 1. The van der Waals surface area contributed by atoms with Crippen LogP contribution in [0.5, 0.6) is 0 Å². The number of likely N-dealkylation sites (tertiary alicyclic amines) is 1. The molecule has 1 aromatic heterocycles. The number of carbonyl (C=O) groups is 1. The van der Waals surface area contributed by atoms with E-state index in [-0.39, 0.29) is 17.9 Å². The third-order valence-corrected chi connectivity index (χ3v) is 5.39. The zero-order valence-corrected chi connectivity index (χ0v) is 16.2. The molecule has 2 amide bonds. The van der Waals surface area contributed by atoms with Gasteiger partial charge in [-0.25, -0.2) is 14.2 Å². The minimum absolute atomic E-state index is 0.161. The lowest BCUT2D eigenvalue weighted by atomic mass is 10.1. The summed E-state index contributed by atoms with van der Waals surface area (Å²) in [6, 6.07) is 21.1. The zero-order valence-electron chi connectivity index (χ0n) is 16.2. The Kier molecular flexibility index (Phi) is 4.67. The number of fused-ring (bicyclic) bond motifs is 1. The van der Waals surface area contributed by atoms with Crippen LogP contribution in [-0.2, 0) is 0 Å². The number of halogens is 1. The Bertz CT molecular complexity index is 1210. The molecule has 0 spiro atoms. The molecule has 1 atom stereocenters. The topological polar surface area (TPSA) is 58.4 Å². The van der Waals surface area contributed by atoms with Crippen molar-refractivity contribution in [2.24, 2.45) is 0 Å². The summed E-state index contributed by atoms with van der Waals surface area (Å²) in [5.41, 5.74) is 3.76. The summed E-state index contributed by atoms with van der Waals surface area (Å²) in [5, 5.41) is 2.94. The predicted molar refractivity (Wildman–Crippen MR) is 114 cm³/mol. The molecule has 1 saturated heterocycles. The molecule has 150 valence electrons. The Morgan fingerprint density at radius 1 is 1.03 bits per heavy atom. The number of carbonyl (C=O) groups excluding carboxylic acids is 1. The Balaban J connectivity index is 1.41. The average molecular weight is 401 g/mol. The van der Waals surface area contributed by atoms with E-state index in [4.69, 9.17) is 4.42 Å². The van der Waals surface area contributed by atoms with Crippen molar-refractivity contribution < 1.29 is 13.6 Å². The van der Waals surface area contributed by atoms with E-state index in [2.05, 4.69) is 10.3 Å². The largest absolute Gasteiger partial charge is 0.438 e. The van der Waals surface area contributed by atoms with Crippen LogP contribution in [0.4, 0.5) is 14.9 Å². The van der Waals surface area contributed by atoms with E-state index < -0.39 is 0 Å². The molecule has 5 rings (SSSR count). The van der Waals surface area contributed by atoms with Crippen LogP contribution in [0.15, 0.2) is 77.2 Å². The highest BCUT2D eigenvalue weighted by Crippen LogP contribution is 2.34. The molecular weight excluding hydrogens is 381 g/mol. The minimum atomic E-state index is -0.278. The highest BCUT2D eigenvalue weighted by atomic mass is 19.1. The van der Waals surface area contributed by atoms with Gasteiger partial charge in [-0.2, -0.15) is 0 Å². The van der Waals surface area contributed by atoms with Gasteiger partial charge in [0.05, 0.1) is 0 Å². The number of urea groups is 1. The van der Waals surface area contributed by atoms with Gasteiger partial charge in [-0.1, -0.05) is 36.4 Å². The molecule has 1 aliphatic heterocycles. The highest BCUT2D eigenvalue weighted by Gasteiger charge is 2.33. The van der Waals surface area contributed by atoms with E-state index in [1.165, 1.54) is 12.1 Å². The molecule has 0 aliphatic carbocycles. The molecule has 0 bridgehead atoms. The van der Waals surface area contributed by atoms with Crippen molar-refractivity contribution in [2.75, 3.05) is 11.9 Å². The number of nitrogens with one attached hydrogen (secondary N) is 1. The Hall–Kier alpha value is -3.67. The smallest absolute Gasteiger partial charge is 0.322 e.